The maximum atomic E-state index is 13.7. The summed E-state index contributed by atoms with van der Waals surface area (Å²) in [5.41, 5.74) is -2.89. The van der Waals surface area contributed by atoms with Crippen LogP contribution in [0.5, 0.6) is 28.7 Å². The lowest BCUT2D eigenvalue weighted by molar-refractivity contribution is -0.278. The highest BCUT2D eigenvalue weighted by atomic mass is 16.7. The van der Waals surface area contributed by atoms with E-state index in [0.29, 0.717) is 0 Å². The third-order valence-corrected chi connectivity index (χ3v) is 6.95. The number of hydrogen-bond donors (Lipinski definition) is 7. The van der Waals surface area contributed by atoms with E-state index in [4.69, 9.17) is 33.2 Å². The van der Waals surface area contributed by atoms with Crippen molar-refractivity contribution in [3.05, 3.63) is 40.6 Å². The van der Waals surface area contributed by atoms with Gasteiger partial charge in [-0.25, -0.2) is 0 Å². The van der Waals surface area contributed by atoms with Crippen LogP contribution >= 0.6 is 0 Å². The number of carboxylic acid groups (broad SMARTS) is 1. The van der Waals surface area contributed by atoms with Crippen LogP contribution < -0.4 is 19.6 Å². The number of carboxylic acids is 1. The number of benzene rings is 2. The van der Waals surface area contributed by atoms with E-state index in [2.05, 4.69) is 0 Å². The molecule has 0 amide bonds. The summed E-state index contributed by atoms with van der Waals surface area (Å²) < 4.78 is 32.6. The van der Waals surface area contributed by atoms with Crippen LogP contribution in [-0.4, -0.2) is 105 Å². The Balaban J connectivity index is 1.70. The molecule has 1 aliphatic heterocycles. The molecule has 1 aromatic heterocycles. The van der Waals surface area contributed by atoms with Crippen molar-refractivity contribution in [2.24, 2.45) is 0 Å². The summed E-state index contributed by atoms with van der Waals surface area (Å²) >= 11 is 0. The molecular weight excluding hydrogens is 604 g/mol. The number of ether oxygens (including phenoxy) is 5. The number of aliphatic hydroxyl groups is 4. The largest absolute Gasteiger partial charge is 0.507 e. The molecule has 1 fully saturated rings. The molecule has 244 valence electrons. The molecule has 0 saturated carbocycles. The van der Waals surface area contributed by atoms with Gasteiger partial charge in [-0.2, -0.15) is 0 Å². The molecular formula is C29H32O16. The van der Waals surface area contributed by atoms with Gasteiger partial charge in [0.15, 0.2) is 17.3 Å². The van der Waals surface area contributed by atoms with Crippen LogP contribution in [0.2, 0.25) is 0 Å². The van der Waals surface area contributed by atoms with Crippen molar-refractivity contribution in [3.63, 3.8) is 0 Å². The summed E-state index contributed by atoms with van der Waals surface area (Å²) in [4.78, 5) is 36.9. The summed E-state index contributed by atoms with van der Waals surface area (Å²) in [5.74, 6) is -3.95. The Labute approximate surface area is 254 Å². The van der Waals surface area contributed by atoms with Gasteiger partial charge in [-0.05, 0) is 25.1 Å². The lowest BCUT2D eigenvalue weighted by Gasteiger charge is -2.39. The fourth-order valence-corrected chi connectivity index (χ4v) is 4.68. The number of carbonyl (C=O) groups is 2. The number of rotatable bonds is 11. The molecule has 2 aromatic carbocycles. The molecule has 3 aromatic rings. The standard InChI is InChI=1S/C29H32O16/c1-29(39,9-19(32)33)10-20(34)42-11-18-22(35)24(37)25(38)28(44-18)45-27-23(36)21-15(31)7-13(40-2)8-17(21)43-26(27)12-4-5-14(30)16(6-12)41-3/h4-8,18,22,24-25,28,30-31,35,37-39H,9-11H2,1-3H3,(H,32,33)/t18-,22+,24-,25-,28-,29-/m0/s1. The van der Waals surface area contributed by atoms with Gasteiger partial charge in [0, 0.05) is 17.7 Å². The molecule has 45 heavy (non-hydrogen) atoms. The van der Waals surface area contributed by atoms with Crippen molar-refractivity contribution in [2.45, 2.75) is 56.1 Å². The molecule has 1 saturated heterocycles. The summed E-state index contributed by atoms with van der Waals surface area (Å²) in [7, 11) is 2.62. The van der Waals surface area contributed by atoms with Gasteiger partial charge in [0.1, 0.15) is 53.5 Å². The molecule has 0 unspecified atom stereocenters. The fourth-order valence-electron chi connectivity index (χ4n) is 4.68. The van der Waals surface area contributed by atoms with Gasteiger partial charge in [-0.15, -0.1) is 0 Å². The molecule has 16 nitrogen and oxygen atoms in total. The molecule has 4 rings (SSSR count). The van der Waals surface area contributed by atoms with E-state index in [9.17, 15) is 45.0 Å². The number of aromatic hydroxyl groups is 2. The van der Waals surface area contributed by atoms with Crippen molar-refractivity contribution in [3.8, 4) is 40.1 Å². The second-order valence-corrected chi connectivity index (χ2v) is 10.6. The molecule has 0 spiro atoms. The van der Waals surface area contributed by atoms with Crippen molar-refractivity contribution in [1.82, 2.24) is 0 Å². The van der Waals surface area contributed by atoms with Crippen LogP contribution in [0.1, 0.15) is 19.8 Å². The molecule has 0 radical (unpaired) electrons. The summed E-state index contributed by atoms with van der Waals surface area (Å²) in [6.45, 7) is 0.379. The third kappa shape index (κ3) is 7.21. The number of aliphatic hydroxyl groups excluding tert-OH is 3. The summed E-state index contributed by atoms with van der Waals surface area (Å²) in [5, 5.41) is 71.0. The van der Waals surface area contributed by atoms with E-state index < -0.39 is 84.6 Å². The Morgan fingerprint density at radius 3 is 2.31 bits per heavy atom. The zero-order valence-electron chi connectivity index (χ0n) is 24.2. The van der Waals surface area contributed by atoms with Crippen molar-refractivity contribution < 1.29 is 73.4 Å². The Kier molecular flexibility index (Phi) is 9.74. The lowest BCUT2D eigenvalue weighted by atomic mass is 9.98. The van der Waals surface area contributed by atoms with Crippen molar-refractivity contribution >= 4 is 22.9 Å². The normalized spacial score (nSPS) is 22.8. The van der Waals surface area contributed by atoms with E-state index in [1.54, 1.807) is 0 Å². The minimum absolute atomic E-state index is 0.00797. The van der Waals surface area contributed by atoms with Crippen LogP contribution in [0, 0.1) is 0 Å². The molecule has 6 atom stereocenters. The minimum atomic E-state index is -1.97. The Morgan fingerprint density at radius 2 is 1.67 bits per heavy atom. The van der Waals surface area contributed by atoms with E-state index in [1.807, 2.05) is 0 Å². The highest BCUT2D eigenvalue weighted by Crippen LogP contribution is 2.39. The molecule has 0 bridgehead atoms. The van der Waals surface area contributed by atoms with Crippen molar-refractivity contribution in [1.29, 1.82) is 0 Å². The van der Waals surface area contributed by atoms with E-state index >= 15 is 0 Å². The van der Waals surface area contributed by atoms with E-state index in [1.165, 1.54) is 38.5 Å². The second-order valence-electron chi connectivity index (χ2n) is 10.6. The van der Waals surface area contributed by atoms with Crippen LogP contribution in [0.15, 0.2) is 39.5 Å². The van der Waals surface area contributed by atoms with Gasteiger partial charge in [0.2, 0.25) is 17.5 Å². The Hall–Kier alpha value is -4.61. The number of aliphatic carboxylic acids is 1. The van der Waals surface area contributed by atoms with Gasteiger partial charge >= 0.3 is 11.9 Å². The first kappa shape index (κ1) is 33.3. The quantitative estimate of drug-likeness (QED) is 0.139. The molecule has 16 heteroatoms. The summed E-state index contributed by atoms with van der Waals surface area (Å²) in [6, 6.07) is 6.38. The molecule has 7 N–H and O–H groups in total. The number of methoxy groups -OCH3 is 2. The molecule has 0 aliphatic carbocycles. The number of phenols is 2. The smallest absolute Gasteiger partial charge is 0.308 e. The van der Waals surface area contributed by atoms with Gasteiger partial charge in [-0.1, -0.05) is 0 Å². The first-order valence-electron chi connectivity index (χ1n) is 13.4. The highest BCUT2D eigenvalue weighted by Gasteiger charge is 2.46. The van der Waals surface area contributed by atoms with Gasteiger partial charge in [0.25, 0.3) is 0 Å². The number of esters is 1. The second kappa shape index (κ2) is 13.2. The Morgan fingerprint density at radius 1 is 0.956 bits per heavy atom. The first-order chi connectivity index (χ1) is 21.1. The predicted molar refractivity (Wildman–Crippen MR) is 150 cm³/mol. The number of carbonyl (C=O) groups excluding carboxylic acids is 1. The predicted octanol–water partition coefficient (Wildman–Crippen LogP) is 0.234. The first-order valence-corrected chi connectivity index (χ1v) is 13.4. The number of fused-ring (bicyclic) bond motifs is 1. The van der Waals surface area contributed by atoms with Crippen LogP contribution in [0.25, 0.3) is 22.3 Å². The van der Waals surface area contributed by atoms with Crippen LogP contribution in [0.3, 0.4) is 0 Å². The molecule has 2 heterocycles. The average molecular weight is 637 g/mol. The fraction of sp³-hybridized carbons (Fsp3) is 0.414. The van der Waals surface area contributed by atoms with Crippen LogP contribution in [0.4, 0.5) is 0 Å². The van der Waals surface area contributed by atoms with Gasteiger partial charge in [-0.3, -0.25) is 14.4 Å². The summed E-state index contributed by atoms with van der Waals surface area (Å²) in [6.07, 6.45) is -10.6. The van der Waals surface area contributed by atoms with Gasteiger partial charge < -0.3 is 63.8 Å². The highest BCUT2D eigenvalue weighted by molar-refractivity contribution is 5.88. The zero-order valence-corrected chi connectivity index (χ0v) is 24.2. The SMILES string of the molecule is COc1cc(O)c2c(=O)c(O[C@@H]3O[C@@H](COC(=O)C[C@@](C)(O)CC(=O)O)[C@@H](O)[C@H](O)[C@@H]3O)c(-c3ccc(O)c(OC)c3)oc2c1. The minimum Gasteiger partial charge on any atom is -0.507 e. The third-order valence-electron chi connectivity index (χ3n) is 6.95. The molecule has 1 aliphatic rings. The van der Waals surface area contributed by atoms with Crippen LogP contribution in [-0.2, 0) is 19.1 Å². The van der Waals surface area contributed by atoms with Crippen molar-refractivity contribution in [2.75, 3.05) is 20.8 Å². The zero-order chi connectivity index (χ0) is 33.2. The average Bonchev–Trinajstić information content (AvgIpc) is 2.96. The number of hydrogen-bond acceptors (Lipinski definition) is 15. The van der Waals surface area contributed by atoms with Gasteiger partial charge in [0.05, 0.1) is 32.7 Å². The maximum absolute atomic E-state index is 13.7. The lowest BCUT2D eigenvalue weighted by Crippen LogP contribution is -2.60. The monoisotopic (exact) mass is 636 g/mol. The van der Waals surface area contributed by atoms with E-state index in [-0.39, 0.29) is 39.5 Å². The van der Waals surface area contributed by atoms with E-state index in [0.717, 1.165) is 13.0 Å². The number of phenolic OH excluding ortho intramolecular Hbond substituents is 2. The topological polar surface area (TPSA) is 252 Å². The Bertz CT molecular complexity index is 1630. The maximum Gasteiger partial charge on any atom is 0.308 e.